The minimum atomic E-state index is 0.864. The van der Waals surface area contributed by atoms with Gasteiger partial charge in [0.25, 0.3) is 0 Å². The molecule has 1 N–H and O–H groups in total. The lowest BCUT2D eigenvalue weighted by Crippen LogP contribution is -2.24. The summed E-state index contributed by atoms with van der Waals surface area (Å²) in [6.07, 6.45) is 8.25. The van der Waals surface area contributed by atoms with E-state index >= 15 is 0 Å². The number of aromatic nitrogens is 5. The van der Waals surface area contributed by atoms with E-state index in [2.05, 4.69) is 32.2 Å². The molecule has 0 unspecified atom stereocenters. The van der Waals surface area contributed by atoms with Crippen molar-refractivity contribution in [2.24, 2.45) is 0 Å². The van der Waals surface area contributed by atoms with Gasteiger partial charge in [-0.15, -0.1) is 0 Å². The molecule has 0 aromatic carbocycles. The zero-order valence-electron chi connectivity index (χ0n) is 11.3. The fraction of sp³-hybridized carbons (Fsp3) is 0.615. The second kappa shape index (κ2) is 5.52. The standard InChI is InChI=1S/C13H20N6/c1-18(6-7-19-10-14-9-15-19)8-13-11-4-2-3-5-12(11)16-17-13/h9-10H,2-8H2,1H3,(H,16,17). The Labute approximate surface area is 112 Å². The quantitative estimate of drug-likeness (QED) is 0.871. The molecule has 0 fully saturated rings. The van der Waals surface area contributed by atoms with Crippen molar-refractivity contribution in [3.05, 3.63) is 29.6 Å². The van der Waals surface area contributed by atoms with Crippen molar-refractivity contribution < 1.29 is 0 Å². The maximum Gasteiger partial charge on any atom is 0.137 e. The molecule has 0 saturated heterocycles. The Morgan fingerprint density at radius 3 is 3.11 bits per heavy atom. The fourth-order valence-corrected chi connectivity index (χ4v) is 2.64. The Morgan fingerprint density at radius 2 is 2.26 bits per heavy atom. The molecule has 0 bridgehead atoms. The highest BCUT2D eigenvalue weighted by molar-refractivity contribution is 5.27. The molecule has 0 saturated carbocycles. The number of H-pyrrole nitrogens is 1. The number of aromatic amines is 1. The molecule has 0 amide bonds. The molecule has 0 spiro atoms. The van der Waals surface area contributed by atoms with Crippen LogP contribution in [0.1, 0.15) is 29.8 Å². The first kappa shape index (κ1) is 12.3. The highest BCUT2D eigenvalue weighted by Crippen LogP contribution is 2.22. The van der Waals surface area contributed by atoms with Crippen LogP contribution < -0.4 is 0 Å². The zero-order valence-corrected chi connectivity index (χ0v) is 11.3. The van der Waals surface area contributed by atoms with Gasteiger partial charge in [0.05, 0.1) is 12.2 Å². The van der Waals surface area contributed by atoms with Gasteiger partial charge in [-0.3, -0.25) is 14.7 Å². The summed E-state index contributed by atoms with van der Waals surface area (Å²) in [7, 11) is 2.13. The van der Waals surface area contributed by atoms with Crippen LogP contribution in [0, 0.1) is 0 Å². The first-order valence-corrected chi connectivity index (χ1v) is 6.89. The van der Waals surface area contributed by atoms with E-state index in [9.17, 15) is 0 Å². The van der Waals surface area contributed by atoms with Gasteiger partial charge in [0.2, 0.25) is 0 Å². The van der Waals surface area contributed by atoms with Crippen molar-refractivity contribution >= 4 is 0 Å². The third-order valence-electron chi connectivity index (χ3n) is 3.74. The van der Waals surface area contributed by atoms with Crippen molar-refractivity contribution in [1.29, 1.82) is 0 Å². The molecule has 6 heteroatoms. The molecule has 1 aliphatic rings. The van der Waals surface area contributed by atoms with E-state index in [1.807, 2.05) is 4.68 Å². The number of fused-ring (bicyclic) bond motifs is 1. The summed E-state index contributed by atoms with van der Waals surface area (Å²) in [6.45, 7) is 2.72. The molecule has 0 radical (unpaired) electrons. The normalized spacial score (nSPS) is 14.8. The smallest absolute Gasteiger partial charge is 0.137 e. The molecule has 19 heavy (non-hydrogen) atoms. The van der Waals surface area contributed by atoms with Crippen LogP contribution in [-0.4, -0.2) is 43.5 Å². The molecule has 0 aliphatic heterocycles. The van der Waals surface area contributed by atoms with Crippen molar-refractivity contribution in [3.63, 3.8) is 0 Å². The Bertz CT molecular complexity index is 515. The van der Waals surface area contributed by atoms with Gasteiger partial charge >= 0.3 is 0 Å². The number of aryl methyl sites for hydroxylation is 1. The van der Waals surface area contributed by atoms with Gasteiger partial charge in [-0.2, -0.15) is 10.2 Å². The SMILES string of the molecule is CN(CCn1cncn1)Cc1n[nH]c2c1CCCC2. The monoisotopic (exact) mass is 260 g/mol. The fourth-order valence-electron chi connectivity index (χ4n) is 2.64. The summed E-state index contributed by atoms with van der Waals surface area (Å²) in [5, 5.41) is 11.8. The van der Waals surface area contributed by atoms with Crippen molar-refractivity contribution in [3.8, 4) is 0 Å². The molecule has 6 nitrogen and oxygen atoms in total. The van der Waals surface area contributed by atoms with Crippen LogP contribution in [0.3, 0.4) is 0 Å². The number of rotatable bonds is 5. The summed E-state index contributed by atoms with van der Waals surface area (Å²) < 4.78 is 1.86. The molecule has 3 rings (SSSR count). The van der Waals surface area contributed by atoms with Crippen LogP contribution in [0.5, 0.6) is 0 Å². The van der Waals surface area contributed by atoms with Crippen LogP contribution in [0.4, 0.5) is 0 Å². The van der Waals surface area contributed by atoms with Crippen molar-refractivity contribution in [2.75, 3.05) is 13.6 Å². The third kappa shape index (κ3) is 2.84. The predicted molar refractivity (Wildman–Crippen MR) is 71.6 cm³/mol. The number of hydrogen-bond acceptors (Lipinski definition) is 4. The zero-order chi connectivity index (χ0) is 13.1. The van der Waals surface area contributed by atoms with Gasteiger partial charge in [0, 0.05) is 18.8 Å². The Morgan fingerprint density at radius 1 is 1.37 bits per heavy atom. The van der Waals surface area contributed by atoms with E-state index in [4.69, 9.17) is 0 Å². The molecule has 2 aromatic rings. The highest BCUT2D eigenvalue weighted by Gasteiger charge is 2.17. The number of nitrogens with one attached hydrogen (secondary N) is 1. The van der Waals surface area contributed by atoms with Gasteiger partial charge in [-0.1, -0.05) is 0 Å². The summed E-state index contributed by atoms with van der Waals surface area (Å²) in [4.78, 5) is 6.23. The lowest BCUT2D eigenvalue weighted by molar-refractivity contribution is 0.300. The Kier molecular flexibility index (Phi) is 3.59. The highest BCUT2D eigenvalue weighted by atomic mass is 15.3. The predicted octanol–water partition coefficient (Wildman–Crippen LogP) is 1.01. The number of likely N-dealkylation sites (N-methyl/N-ethyl adjacent to an activating group) is 1. The summed E-state index contributed by atoms with van der Waals surface area (Å²) in [5.74, 6) is 0. The van der Waals surface area contributed by atoms with Crippen LogP contribution in [0.15, 0.2) is 12.7 Å². The van der Waals surface area contributed by atoms with Gasteiger partial charge in [-0.05, 0) is 38.3 Å². The second-order valence-electron chi connectivity index (χ2n) is 5.23. The summed E-state index contributed by atoms with van der Waals surface area (Å²) >= 11 is 0. The molecule has 0 atom stereocenters. The molecule has 1 aliphatic carbocycles. The first-order chi connectivity index (χ1) is 9.33. The number of nitrogens with zero attached hydrogens (tertiary/aromatic N) is 5. The van der Waals surface area contributed by atoms with Crippen molar-refractivity contribution in [2.45, 2.75) is 38.8 Å². The number of hydrogen-bond donors (Lipinski definition) is 1. The van der Waals surface area contributed by atoms with Gasteiger partial charge < -0.3 is 0 Å². The third-order valence-corrected chi connectivity index (χ3v) is 3.74. The van der Waals surface area contributed by atoms with Crippen molar-refractivity contribution in [1.82, 2.24) is 29.9 Å². The maximum absolute atomic E-state index is 4.48. The molecule has 2 aromatic heterocycles. The van der Waals surface area contributed by atoms with E-state index in [0.29, 0.717) is 0 Å². The minimum absolute atomic E-state index is 0.864. The van der Waals surface area contributed by atoms with E-state index < -0.39 is 0 Å². The maximum atomic E-state index is 4.48. The summed E-state index contributed by atoms with van der Waals surface area (Å²) in [5.41, 5.74) is 4.03. The average Bonchev–Trinajstić information content (AvgIpc) is 3.07. The largest absolute Gasteiger partial charge is 0.299 e. The van der Waals surface area contributed by atoms with Crippen LogP contribution in [-0.2, 0) is 25.9 Å². The van der Waals surface area contributed by atoms with Crippen LogP contribution in [0.25, 0.3) is 0 Å². The molecule has 102 valence electrons. The molecular formula is C13H20N6. The molecule has 2 heterocycles. The van der Waals surface area contributed by atoms with Gasteiger partial charge in [0.15, 0.2) is 0 Å². The lowest BCUT2D eigenvalue weighted by atomic mass is 9.96. The first-order valence-electron chi connectivity index (χ1n) is 6.89. The van der Waals surface area contributed by atoms with E-state index in [0.717, 1.165) is 26.1 Å². The van der Waals surface area contributed by atoms with Gasteiger partial charge in [-0.25, -0.2) is 4.98 Å². The Balaban J connectivity index is 1.57. The summed E-state index contributed by atoms with van der Waals surface area (Å²) in [6, 6.07) is 0. The molecular weight excluding hydrogens is 240 g/mol. The van der Waals surface area contributed by atoms with Crippen LogP contribution >= 0.6 is 0 Å². The van der Waals surface area contributed by atoms with E-state index in [-0.39, 0.29) is 0 Å². The minimum Gasteiger partial charge on any atom is -0.299 e. The van der Waals surface area contributed by atoms with E-state index in [1.165, 1.54) is 36.2 Å². The van der Waals surface area contributed by atoms with Gasteiger partial charge in [0.1, 0.15) is 12.7 Å². The average molecular weight is 260 g/mol. The topological polar surface area (TPSA) is 62.6 Å². The second-order valence-corrected chi connectivity index (χ2v) is 5.23. The van der Waals surface area contributed by atoms with Crippen LogP contribution in [0.2, 0.25) is 0 Å². The van der Waals surface area contributed by atoms with E-state index in [1.54, 1.807) is 12.7 Å². The Hall–Kier alpha value is -1.69. The lowest BCUT2D eigenvalue weighted by Gasteiger charge is -2.17.